The highest BCUT2D eigenvalue weighted by Gasteiger charge is 2.06. The van der Waals surface area contributed by atoms with Crippen molar-refractivity contribution in [3.05, 3.63) is 42.0 Å². The minimum atomic E-state index is -0.362. The Morgan fingerprint density at radius 2 is 2.17 bits per heavy atom. The molecule has 1 N–H and O–H groups in total. The van der Waals surface area contributed by atoms with Gasteiger partial charge in [-0.3, -0.25) is 0 Å². The zero-order valence-electron chi connectivity index (χ0n) is 7.33. The van der Waals surface area contributed by atoms with Crippen molar-refractivity contribution in [2.24, 2.45) is 0 Å². The Hall–Kier alpha value is -1.08. The SMILES string of the molecule is C=Cc1ccccc1C(O)CC. The molecule has 1 atom stereocenters. The van der Waals surface area contributed by atoms with Crippen LogP contribution in [0.4, 0.5) is 0 Å². The van der Waals surface area contributed by atoms with E-state index < -0.39 is 0 Å². The van der Waals surface area contributed by atoms with Gasteiger partial charge in [-0.25, -0.2) is 0 Å². The molecule has 64 valence electrons. The molecule has 1 aromatic carbocycles. The third kappa shape index (κ3) is 1.74. The molecular formula is C11H14O. The molecule has 0 saturated carbocycles. The zero-order chi connectivity index (χ0) is 8.97. The molecule has 1 rings (SSSR count). The minimum absolute atomic E-state index is 0.362. The summed E-state index contributed by atoms with van der Waals surface area (Å²) in [6, 6.07) is 7.77. The average molecular weight is 162 g/mol. The first-order valence-electron chi connectivity index (χ1n) is 4.19. The molecule has 0 heterocycles. The summed E-state index contributed by atoms with van der Waals surface area (Å²) in [5.41, 5.74) is 1.99. The molecule has 0 spiro atoms. The van der Waals surface area contributed by atoms with Gasteiger partial charge in [0, 0.05) is 0 Å². The maximum atomic E-state index is 9.59. The molecular weight excluding hydrogens is 148 g/mol. The lowest BCUT2D eigenvalue weighted by atomic mass is 10.0. The Kier molecular flexibility index (Phi) is 3.06. The summed E-state index contributed by atoms with van der Waals surface area (Å²) in [7, 11) is 0. The predicted molar refractivity (Wildman–Crippen MR) is 51.8 cm³/mol. The third-order valence-corrected chi connectivity index (χ3v) is 1.96. The molecule has 0 aliphatic carbocycles. The Morgan fingerprint density at radius 1 is 1.50 bits per heavy atom. The summed E-state index contributed by atoms with van der Waals surface area (Å²) in [6.45, 7) is 5.66. The molecule has 1 heteroatoms. The molecule has 0 radical (unpaired) electrons. The van der Waals surface area contributed by atoms with Gasteiger partial charge in [0.15, 0.2) is 0 Å². The van der Waals surface area contributed by atoms with Crippen LogP contribution < -0.4 is 0 Å². The van der Waals surface area contributed by atoms with E-state index in [1.807, 2.05) is 31.2 Å². The second-order valence-corrected chi connectivity index (χ2v) is 2.76. The van der Waals surface area contributed by atoms with Crippen LogP contribution in [-0.2, 0) is 0 Å². The van der Waals surface area contributed by atoms with Crippen molar-refractivity contribution in [1.29, 1.82) is 0 Å². The number of aliphatic hydroxyl groups is 1. The lowest BCUT2D eigenvalue weighted by molar-refractivity contribution is 0.173. The Labute approximate surface area is 73.4 Å². The van der Waals surface area contributed by atoms with Gasteiger partial charge in [-0.15, -0.1) is 0 Å². The summed E-state index contributed by atoms with van der Waals surface area (Å²) in [5, 5.41) is 9.59. The monoisotopic (exact) mass is 162 g/mol. The molecule has 0 aliphatic rings. The summed E-state index contributed by atoms with van der Waals surface area (Å²) >= 11 is 0. The molecule has 0 amide bonds. The van der Waals surface area contributed by atoms with Crippen LogP contribution in [0.25, 0.3) is 6.08 Å². The van der Waals surface area contributed by atoms with Crippen molar-refractivity contribution in [2.45, 2.75) is 19.4 Å². The first-order valence-corrected chi connectivity index (χ1v) is 4.19. The van der Waals surface area contributed by atoms with E-state index in [0.29, 0.717) is 0 Å². The number of hydrogen-bond donors (Lipinski definition) is 1. The molecule has 0 aliphatic heterocycles. The van der Waals surface area contributed by atoms with E-state index in [1.54, 1.807) is 6.08 Å². The molecule has 0 aromatic heterocycles. The Morgan fingerprint density at radius 3 is 2.75 bits per heavy atom. The normalized spacial score (nSPS) is 12.5. The number of aliphatic hydroxyl groups excluding tert-OH is 1. The maximum Gasteiger partial charge on any atom is 0.0793 e. The van der Waals surface area contributed by atoms with Crippen LogP contribution >= 0.6 is 0 Å². The van der Waals surface area contributed by atoms with Crippen molar-refractivity contribution >= 4 is 6.08 Å². The van der Waals surface area contributed by atoms with Gasteiger partial charge in [0.1, 0.15) is 0 Å². The molecule has 0 saturated heterocycles. The third-order valence-electron chi connectivity index (χ3n) is 1.96. The molecule has 12 heavy (non-hydrogen) atoms. The van der Waals surface area contributed by atoms with Crippen molar-refractivity contribution in [1.82, 2.24) is 0 Å². The first-order chi connectivity index (χ1) is 5.79. The second kappa shape index (κ2) is 4.07. The molecule has 1 aromatic rings. The van der Waals surface area contributed by atoms with E-state index in [0.717, 1.165) is 17.5 Å². The van der Waals surface area contributed by atoms with Gasteiger partial charge in [0.25, 0.3) is 0 Å². The highest BCUT2D eigenvalue weighted by molar-refractivity contribution is 5.52. The first kappa shape index (κ1) is 9.01. The molecule has 0 bridgehead atoms. The van der Waals surface area contributed by atoms with E-state index in [4.69, 9.17) is 0 Å². The van der Waals surface area contributed by atoms with Gasteiger partial charge in [-0.05, 0) is 17.5 Å². The van der Waals surface area contributed by atoms with Gasteiger partial charge in [-0.1, -0.05) is 43.8 Å². The largest absolute Gasteiger partial charge is 0.388 e. The summed E-state index contributed by atoms with van der Waals surface area (Å²) in [5.74, 6) is 0. The van der Waals surface area contributed by atoms with E-state index >= 15 is 0 Å². The van der Waals surface area contributed by atoms with Gasteiger partial charge in [0.05, 0.1) is 6.10 Å². The van der Waals surface area contributed by atoms with Crippen LogP contribution in [0, 0.1) is 0 Å². The van der Waals surface area contributed by atoms with E-state index in [-0.39, 0.29) is 6.10 Å². The van der Waals surface area contributed by atoms with Crippen LogP contribution in [0.15, 0.2) is 30.8 Å². The molecule has 1 unspecified atom stereocenters. The minimum Gasteiger partial charge on any atom is -0.388 e. The summed E-state index contributed by atoms with van der Waals surface area (Å²) in [4.78, 5) is 0. The fourth-order valence-corrected chi connectivity index (χ4v) is 1.22. The van der Waals surface area contributed by atoms with E-state index in [9.17, 15) is 5.11 Å². The van der Waals surface area contributed by atoms with Crippen molar-refractivity contribution < 1.29 is 5.11 Å². The molecule has 1 nitrogen and oxygen atoms in total. The van der Waals surface area contributed by atoms with Gasteiger partial charge < -0.3 is 5.11 Å². The number of benzene rings is 1. The van der Waals surface area contributed by atoms with Crippen molar-refractivity contribution in [3.63, 3.8) is 0 Å². The van der Waals surface area contributed by atoms with Crippen molar-refractivity contribution in [3.8, 4) is 0 Å². The van der Waals surface area contributed by atoms with E-state index in [1.165, 1.54) is 0 Å². The zero-order valence-corrected chi connectivity index (χ0v) is 7.33. The predicted octanol–water partition coefficient (Wildman–Crippen LogP) is 2.77. The van der Waals surface area contributed by atoms with E-state index in [2.05, 4.69) is 6.58 Å². The van der Waals surface area contributed by atoms with Gasteiger partial charge >= 0.3 is 0 Å². The lowest BCUT2D eigenvalue weighted by Gasteiger charge is -2.10. The Balaban J connectivity index is 3.04. The fraction of sp³-hybridized carbons (Fsp3) is 0.273. The van der Waals surface area contributed by atoms with Gasteiger partial charge in [0.2, 0.25) is 0 Å². The summed E-state index contributed by atoms with van der Waals surface area (Å²) in [6.07, 6.45) is 2.15. The van der Waals surface area contributed by atoms with Crippen LogP contribution in [0.3, 0.4) is 0 Å². The molecule has 0 fully saturated rings. The smallest absolute Gasteiger partial charge is 0.0793 e. The summed E-state index contributed by atoms with van der Waals surface area (Å²) < 4.78 is 0. The average Bonchev–Trinajstić information content (AvgIpc) is 2.16. The highest BCUT2D eigenvalue weighted by atomic mass is 16.3. The standard InChI is InChI=1S/C11H14O/c1-3-9-7-5-6-8-10(9)11(12)4-2/h3,5-8,11-12H,1,4H2,2H3. The quantitative estimate of drug-likeness (QED) is 0.724. The lowest BCUT2D eigenvalue weighted by Crippen LogP contribution is -1.97. The Bertz CT molecular complexity index is 265. The van der Waals surface area contributed by atoms with Gasteiger partial charge in [-0.2, -0.15) is 0 Å². The topological polar surface area (TPSA) is 20.2 Å². The van der Waals surface area contributed by atoms with Crippen LogP contribution in [0.5, 0.6) is 0 Å². The number of hydrogen-bond acceptors (Lipinski definition) is 1. The fourth-order valence-electron chi connectivity index (χ4n) is 1.22. The second-order valence-electron chi connectivity index (χ2n) is 2.76. The van der Waals surface area contributed by atoms with Crippen LogP contribution in [0.1, 0.15) is 30.6 Å². The maximum absolute atomic E-state index is 9.59. The van der Waals surface area contributed by atoms with Crippen LogP contribution in [-0.4, -0.2) is 5.11 Å². The van der Waals surface area contributed by atoms with Crippen molar-refractivity contribution in [2.75, 3.05) is 0 Å². The number of rotatable bonds is 3. The highest BCUT2D eigenvalue weighted by Crippen LogP contribution is 2.20. The van der Waals surface area contributed by atoms with Crippen LogP contribution in [0.2, 0.25) is 0 Å².